The average molecular weight is 829 g/mol. The van der Waals surface area contributed by atoms with Crippen LogP contribution in [0, 0.1) is 0 Å². The quantitative estimate of drug-likeness (QED) is 0.178. The Morgan fingerprint density at radius 3 is 1.29 bits per heavy atom. The zero-order valence-electron chi connectivity index (χ0n) is 35.1. The van der Waals surface area contributed by atoms with Gasteiger partial charge in [0.25, 0.3) is 0 Å². The number of nitrogens with zero attached hydrogens (tertiary/aromatic N) is 16. The Kier molecular flexibility index (Phi) is 10.3. The molecule has 2 amide bonds. The van der Waals surface area contributed by atoms with Gasteiger partial charge in [-0.15, -0.1) is 0 Å². The Labute approximate surface area is 357 Å². The van der Waals surface area contributed by atoms with Gasteiger partial charge >= 0.3 is 0 Å². The van der Waals surface area contributed by atoms with Crippen LogP contribution in [-0.4, -0.2) is 96.6 Å². The smallest absolute Gasteiger partial charge is 0.250 e. The number of hydrogen-bond donors (Lipinski definition) is 0. The molecule has 0 fully saturated rings. The van der Waals surface area contributed by atoms with Crippen LogP contribution in [0.25, 0.3) is 34.7 Å². The van der Waals surface area contributed by atoms with E-state index in [0.29, 0.717) is 47.7 Å². The number of aromatic nitrogens is 12. The van der Waals surface area contributed by atoms with Gasteiger partial charge in [0.05, 0.1) is 36.2 Å². The minimum Gasteiger partial charge on any atom is -0.309 e. The fourth-order valence-electron chi connectivity index (χ4n) is 7.89. The maximum atomic E-state index is 13.0. The predicted octanol–water partition coefficient (Wildman–Crippen LogP) is 5.91. The highest BCUT2D eigenvalue weighted by Crippen LogP contribution is 2.41. The summed E-state index contributed by atoms with van der Waals surface area (Å²) in [6.07, 6.45) is 19.1. The summed E-state index contributed by atoms with van der Waals surface area (Å²) in [5.74, 6) is 3.81. The number of benzene rings is 2. The van der Waals surface area contributed by atoms with Gasteiger partial charge in [-0.1, -0.05) is 74.5 Å². The first-order valence-electron chi connectivity index (χ1n) is 20.2. The third-order valence-corrected chi connectivity index (χ3v) is 11.0. The molecule has 8 aromatic rings. The molecule has 0 N–H and O–H groups in total. The van der Waals surface area contributed by atoms with Gasteiger partial charge in [0.2, 0.25) is 23.7 Å². The normalized spacial score (nSPS) is 16.0. The number of fused-ring (bicyclic) bond motifs is 2. The molecule has 18 nitrogen and oxygen atoms in total. The molecule has 2 aromatic carbocycles. The van der Waals surface area contributed by atoms with Gasteiger partial charge in [0.1, 0.15) is 35.1 Å². The number of carbonyl (C=O) groups excluding carboxylic acids is 2. The van der Waals surface area contributed by atoms with Gasteiger partial charge in [-0.05, 0) is 12.8 Å². The molecule has 62 heavy (non-hydrogen) atoms. The summed E-state index contributed by atoms with van der Waals surface area (Å²) in [4.78, 5) is 61.2. The molecule has 0 saturated carbocycles. The summed E-state index contributed by atoms with van der Waals surface area (Å²) in [6, 6.07) is 19.1. The highest BCUT2D eigenvalue weighted by Gasteiger charge is 2.40. The molecule has 0 saturated heterocycles. The van der Waals surface area contributed by atoms with Crippen LogP contribution >= 0.6 is 0 Å². The van der Waals surface area contributed by atoms with Crippen molar-refractivity contribution in [3.8, 4) is 34.7 Å². The molecule has 0 radical (unpaired) electrons. The van der Waals surface area contributed by atoms with Crippen molar-refractivity contribution in [3.63, 3.8) is 0 Å². The monoisotopic (exact) mass is 828 g/mol. The Morgan fingerprint density at radius 1 is 0.532 bits per heavy atom. The summed E-state index contributed by atoms with van der Waals surface area (Å²) >= 11 is 0. The molecule has 2 aliphatic heterocycles. The molecule has 18 heteroatoms. The van der Waals surface area contributed by atoms with E-state index in [2.05, 4.69) is 30.1 Å². The molecule has 0 bridgehead atoms. The molecule has 2 aliphatic rings. The maximum absolute atomic E-state index is 13.0. The van der Waals surface area contributed by atoms with Crippen molar-refractivity contribution in [2.24, 2.45) is 14.1 Å². The second-order valence-corrected chi connectivity index (χ2v) is 14.9. The second kappa shape index (κ2) is 16.2. The van der Waals surface area contributed by atoms with E-state index in [0.717, 1.165) is 34.2 Å². The second-order valence-electron chi connectivity index (χ2n) is 14.9. The minimum absolute atomic E-state index is 0.00260. The number of likely N-dealkylation sites (N-methyl/N-ethyl adjacent to an activating group) is 2. The van der Waals surface area contributed by atoms with E-state index >= 15 is 0 Å². The van der Waals surface area contributed by atoms with Crippen LogP contribution in [-0.2, 0) is 23.7 Å². The third-order valence-electron chi connectivity index (χ3n) is 11.0. The Bertz CT molecular complexity index is 2690. The van der Waals surface area contributed by atoms with E-state index in [1.807, 2.05) is 132 Å². The first-order chi connectivity index (χ1) is 30.2. The highest BCUT2D eigenvalue weighted by molar-refractivity contribution is 6.07. The Morgan fingerprint density at radius 2 is 0.935 bits per heavy atom. The van der Waals surface area contributed by atoms with Crippen LogP contribution in [0.5, 0.6) is 0 Å². The first kappa shape index (κ1) is 39.4. The van der Waals surface area contributed by atoms with Crippen LogP contribution < -0.4 is 19.6 Å². The lowest BCUT2D eigenvalue weighted by Gasteiger charge is -2.39. The fourth-order valence-corrected chi connectivity index (χ4v) is 7.89. The molecule has 8 heterocycles. The molecule has 6 aromatic heterocycles. The SMILES string of the molecule is CC[C@@H]1C(=O)N(C)c2cnc(-n3ccnc3-c3ccccc3)nc2N1c1cnn(C)c1.CC[C@H]1C(=O)N(C)c2cnc(-n3ccnc3-c3ccccc3)nc2N1c1cnn(C)c1. The van der Waals surface area contributed by atoms with Gasteiger partial charge in [-0.3, -0.25) is 28.1 Å². The van der Waals surface area contributed by atoms with Crippen molar-refractivity contribution >= 4 is 46.2 Å². The standard InChI is InChI=1S/2C22H22N8O/c2*1-4-17-21(31)28(3)18-13-24-22(26-20(18)30(17)16-12-25-27(2)14-16)29-11-10-23-19(29)15-8-6-5-7-9-15/h2*5-14,17H,4H2,1-3H3/t2*17-/m10/s1. The van der Waals surface area contributed by atoms with Crippen LogP contribution in [0.1, 0.15) is 26.7 Å². The lowest BCUT2D eigenvalue weighted by Crippen LogP contribution is -2.50. The van der Waals surface area contributed by atoms with Crippen molar-refractivity contribution in [1.82, 2.24) is 58.6 Å². The van der Waals surface area contributed by atoms with Gasteiger partial charge in [-0.25, -0.2) is 19.9 Å². The van der Waals surface area contributed by atoms with Crippen molar-refractivity contribution in [3.05, 3.63) is 123 Å². The molecule has 2 atom stereocenters. The number of anilines is 6. The lowest BCUT2D eigenvalue weighted by atomic mass is 10.1. The van der Waals surface area contributed by atoms with Crippen molar-refractivity contribution < 1.29 is 9.59 Å². The van der Waals surface area contributed by atoms with E-state index in [1.165, 1.54) is 0 Å². The zero-order valence-corrected chi connectivity index (χ0v) is 35.1. The Hall–Kier alpha value is -8.02. The Balaban J connectivity index is 0.000000158. The van der Waals surface area contributed by atoms with Crippen LogP contribution in [0.3, 0.4) is 0 Å². The van der Waals surface area contributed by atoms with E-state index in [4.69, 9.17) is 9.97 Å². The molecule has 10 rings (SSSR count). The summed E-state index contributed by atoms with van der Waals surface area (Å²) < 4.78 is 7.15. The molecule has 312 valence electrons. The van der Waals surface area contributed by atoms with Crippen LogP contribution in [0.2, 0.25) is 0 Å². The molecular weight excluding hydrogens is 785 g/mol. The first-order valence-corrected chi connectivity index (χ1v) is 20.2. The van der Waals surface area contributed by atoms with E-state index in [-0.39, 0.29) is 23.9 Å². The lowest BCUT2D eigenvalue weighted by molar-refractivity contribution is -0.120. The molecule has 0 aliphatic carbocycles. The largest absolute Gasteiger partial charge is 0.309 e. The predicted molar refractivity (Wildman–Crippen MR) is 235 cm³/mol. The summed E-state index contributed by atoms with van der Waals surface area (Å²) in [6.45, 7) is 3.99. The van der Waals surface area contributed by atoms with Crippen LogP contribution in [0.4, 0.5) is 34.4 Å². The maximum Gasteiger partial charge on any atom is 0.250 e. The van der Waals surface area contributed by atoms with Gasteiger partial charge in [0.15, 0.2) is 11.6 Å². The average Bonchev–Trinajstić information content (AvgIpc) is 4.15. The van der Waals surface area contributed by atoms with Crippen molar-refractivity contribution in [1.29, 1.82) is 0 Å². The zero-order chi connectivity index (χ0) is 43.1. The summed E-state index contributed by atoms with van der Waals surface area (Å²) in [7, 11) is 7.23. The minimum atomic E-state index is -0.374. The number of rotatable bonds is 8. The molecule has 0 spiro atoms. The van der Waals surface area contributed by atoms with Gasteiger partial charge in [-0.2, -0.15) is 20.2 Å². The van der Waals surface area contributed by atoms with Gasteiger partial charge in [0, 0.05) is 76.5 Å². The van der Waals surface area contributed by atoms with E-state index < -0.39 is 0 Å². The fraction of sp³-hybridized carbons (Fsp3) is 0.227. The van der Waals surface area contributed by atoms with E-state index in [1.54, 1.807) is 70.4 Å². The number of aryl methyl sites for hydroxylation is 2. The van der Waals surface area contributed by atoms with Crippen LogP contribution in [0.15, 0.2) is 123 Å². The number of hydrogen-bond acceptors (Lipinski definition) is 12. The topological polar surface area (TPSA) is 170 Å². The van der Waals surface area contributed by atoms with Gasteiger partial charge < -0.3 is 19.6 Å². The molecule has 0 unspecified atom stereocenters. The van der Waals surface area contributed by atoms with Crippen molar-refractivity contribution in [2.75, 3.05) is 33.7 Å². The molecular formula is C44H44N16O2. The number of carbonyl (C=O) groups is 2. The number of amides is 2. The van der Waals surface area contributed by atoms with E-state index in [9.17, 15) is 9.59 Å². The summed E-state index contributed by atoms with van der Waals surface area (Å²) in [5, 5.41) is 8.59. The highest BCUT2D eigenvalue weighted by atomic mass is 16.2. The number of imidazole rings is 2. The van der Waals surface area contributed by atoms with Crippen molar-refractivity contribution in [2.45, 2.75) is 38.8 Å². The third kappa shape index (κ3) is 6.89. The summed E-state index contributed by atoms with van der Waals surface area (Å²) in [5.41, 5.74) is 4.88.